The van der Waals surface area contributed by atoms with Crippen molar-refractivity contribution in [2.24, 2.45) is 0 Å². The van der Waals surface area contributed by atoms with Crippen molar-refractivity contribution in [2.75, 3.05) is 11.0 Å². The summed E-state index contributed by atoms with van der Waals surface area (Å²) in [5, 5.41) is 3.07. The Bertz CT molecular complexity index is 361. The number of unbranched alkanes of at least 4 members (excludes halogenated alkanes) is 2. The lowest BCUT2D eigenvalue weighted by molar-refractivity contribution is 0.526. The highest BCUT2D eigenvalue weighted by Crippen LogP contribution is 2.21. The second kappa shape index (κ2) is 8.37. The van der Waals surface area contributed by atoms with Crippen molar-refractivity contribution in [1.82, 2.24) is 5.32 Å². The molecule has 1 aromatic rings. The van der Waals surface area contributed by atoms with Gasteiger partial charge < -0.3 is 5.32 Å². The molecule has 0 aliphatic carbocycles. The van der Waals surface area contributed by atoms with E-state index < -0.39 is 11.6 Å². The summed E-state index contributed by atoms with van der Waals surface area (Å²) in [5.74, 6) is -1.00. The van der Waals surface area contributed by atoms with Crippen LogP contribution in [0.2, 0.25) is 0 Å². The first-order chi connectivity index (χ1) is 8.16. The molecule has 1 N–H and O–H groups in total. The van der Waals surface area contributed by atoms with Gasteiger partial charge in [-0.05, 0) is 51.9 Å². The molecule has 0 saturated carbocycles. The summed E-state index contributed by atoms with van der Waals surface area (Å²) in [6.07, 6.45) is 3.39. The van der Waals surface area contributed by atoms with Crippen molar-refractivity contribution in [1.29, 1.82) is 0 Å². The van der Waals surface area contributed by atoms with Crippen molar-refractivity contribution in [3.8, 4) is 0 Å². The van der Waals surface area contributed by atoms with Gasteiger partial charge in [-0.2, -0.15) is 0 Å². The monoisotopic (exact) mass is 417 g/mol. The minimum absolute atomic E-state index is 0.105. The van der Waals surface area contributed by atoms with Crippen LogP contribution in [0.5, 0.6) is 0 Å². The quantitative estimate of drug-likeness (QED) is 0.299. The molecule has 0 unspecified atom stereocenters. The molecule has 0 heterocycles. The average molecular weight is 418 g/mol. The second-order valence-electron chi connectivity index (χ2n) is 3.75. The highest BCUT2D eigenvalue weighted by atomic mass is 127. The molecule has 0 saturated heterocycles. The van der Waals surface area contributed by atoms with Crippen LogP contribution in [0.1, 0.15) is 24.8 Å². The van der Waals surface area contributed by atoms with Crippen molar-refractivity contribution in [3.05, 3.63) is 33.8 Å². The summed E-state index contributed by atoms with van der Waals surface area (Å²) >= 11 is 5.40. The van der Waals surface area contributed by atoms with Gasteiger partial charge in [0.2, 0.25) is 0 Å². The normalized spacial score (nSPS) is 10.8. The number of benzene rings is 1. The Hall–Kier alpha value is 0.250. The van der Waals surface area contributed by atoms with Crippen LogP contribution in [0.4, 0.5) is 8.78 Å². The third-order valence-electron chi connectivity index (χ3n) is 2.43. The van der Waals surface area contributed by atoms with E-state index in [1.807, 2.05) is 0 Å². The molecule has 0 bridgehead atoms. The van der Waals surface area contributed by atoms with E-state index >= 15 is 0 Å². The van der Waals surface area contributed by atoms with Gasteiger partial charge in [-0.15, -0.1) is 0 Å². The van der Waals surface area contributed by atoms with Gasteiger partial charge in [0, 0.05) is 12.1 Å². The van der Waals surface area contributed by atoms with Crippen molar-refractivity contribution in [2.45, 2.75) is 25.8 Å². The summed E-state index contributed by atoms with van der Waals surface area (Å²) < 4.78 is 28.4. The van der Waals surface area contributed by atoms with Crippen LogP contribution >= 0.6 is 38.5 Å². The Morgan fingerprint density at radius 3 is 2.65 bits per heavy atom. The van der Waals surface area contributed by atoms with Crippen LogP contribution in [0.25, 0.3) is 0 Å². The number of nitrogens with one attached hydrogen (secondary N) is 1. The Morgan fingerprint density at radius 2 is 1.94 bits per heavy atom. The molecule has 0 radical (unpaired) electrons. The van der Waals surface area contributed by atoms with Gasteiger partial charge in [-0.3, -0.25) is 0 Å². The van der Waals surface area contributed by atoms with E-state index in [4.69, 9.17) is 0 Å². The fraction of sp³-hybridized carbons (Fsp3) is 0.500. The molecular weight excluding hydrogens is 403 g/mol. The van der Waals surface area contributed by atoms with E-state index in [1.54, 1.807) is 0 Å². The lowest BCUT2D eigenvalue weighted by Gasteiger charge is -2.08. The third-order valence-corrected chi connectivity index (χ3v) is 3.80. The van der Waals surface area contributed by atoms with Gasteiger partial charge in [0.15, 0.2) is 0 Å². The summed E-state index contributed by atoms with van der Waals surface area (Å²) in [6.45, 7) is 1.03. The third kappa shape index (κ3) is 5.18. The number of hydrogen-bond donors (Lipinski definition) is 1. The fourth-order valence-electron chi connectivity index (χ4n) is 1.47. The van der Waals surface area contributed by atoms with Gasteiger partial charge >= 0.3 is 0 Å². The van der Waals surface area contributed by atoms with E-state index in [2.05, 4.69) is 43.8 Å². The van der Waals surface area contributed by atoms with E-state index in [0.29, 0.717) is 4.47 Å². The largest absolute Gasteiger partial charge is 0.312 e. The molecule has 0 aromatic heterocycles. The van der Waals surface area contributed by atoms with Gasteiger partial charge in [0.05, 0.1) is 4.47 Å². The maximum absolute atomic E-state index is 13.6. The zero-order valence-corrected chi connectivity index (χ0v) is 13.2. The van der Waals surface area contributed by atoms with Crippen LogP contribution in [0.3, 0.4) is 0 Å². The van der Waals surface area contributed by atoms with Crippen LogP contribution in [-0.4, -0.2) is 11.0 Å². The van der Waals surface area contributed by atoms with E-state index in [9.17, 15) is 8.78 Å². The molecule has 0 atom stereocenters. The molecule has 1 aromatic carbocycles. The molecule has 0 aliphatic rings. The van der Waals surface area contributed by atoms with E-state index in [-0.39, 0.29) is 12.1 Å². The topological polar surface area (TPSA) is 12.0 Å². The lowest BCUT2D eigenvalue weighted by Crippen LogP contribution is -2.17. The SMILES string of the molecule is Fc1ccc(Br)c(F)c1CNCCCCCI. The van der Waals surface area contributed by atoms with E-state index in [0.717, 1.165) is 23.8 Å². The molecule has 5 heteroatoms. The number of hydrogen-bond acceptors (Lipinski definition) is 1. The summed E-state index contributed by atoms with van der Waals surface area (Å²) in [4.78, 5) is 0. The first kappa shape index (κ1) is 15.3. The summed E-state index contributed by atoms with van der Waals surface area (Å²) in [7, 11) is 0. The molecule has 0 fully saturated rings. The summed E-state index contributed by atoms with van der Waals surface area (Å²) in [5.41, 5.74) is 0.105. The Kier molecular flexibility index (Phi) is 7.54. The molecule has 0 aliphatic heterocycles. The fourth-order valence-corrected chi connectivity index (χ4v) is 2.38. The van der Waals surface area contributed by atoms with Crippen molar-refractivity contribution < 1.29 is 8.78 Å². The Labute approximate surface area is 123 Å². The van der Waals surface area contributed by atoms with Crippen LogP contribution < -0.4 is 5.32 Å². The zero-order valence-electron chi connectivity index (χ0n) is 9.41. The summed E-state index contributed by atoms with van der Waals surface area (Å²) in [6, 6.07) is 2.66. The smallest absolute Gasteiger partial charge is 0.144 e. The minimum atomic E-state index is -0.509. The molecule has 96 valence electrons. The van der Waals surface area contributed by atoms with Crippen LogP contribution in [-0.2, 0) is 6.54 Å². The van der Waals surface area contributed by atoms with Gasteiger partial charge in [-0.25, -0.2) is 8.78 Å². The number of halogens is 4. The first-order valence-corrected chi connectivity index (χ1v) is 7.87. The van der Waals surface area contributed by atoms with Gasteiger partial charge in [-0.1, -0.05) is 29.0 Å². The molecule has 0 spiro atoms. The lowest BCUT2D eigenvalue weighted by atomic mass is 10.2. The van der Waals surface area contributed by atoms with E-state index in [1.165, 1.54) is 18.6 Å². The van der Waals surface area contributed by atoms with Crippen molar-refractivity contribution in [3.63, 3.8) is 0 Å². The van der Waals surface area contributed by atoms with Crippen molar-refractivity contribution >= 4 is 38.5 Å². The predicted molar refractivity (Wildman–Crippen MR) is 78.5 cm³/mol. The molecule has 17 heavy (non-hydrogen) atoms. The standard InChI is InChI=1S/C12H15BrF2IN/c13-10-4-5-11(14)9(12(10)15)8-17-7-3-1-2-6-16/h4-5,17H,1-3,6-8H2. The maximum Gasteiger partial charge on any atom is 0.144 e. The highest BCUT2D eigenvalue weighted by Gasteiger charge is 2.11. The average Bonchev–Trinajstić information content (AvgIpc) is 2.32. The second-order valence-corrected chi connectivity index (χ2v) is 5.68. The van der Waals surface area contributed by atoms with Gasteiger partial charge in [0.25, 0.3) is 0 Å². The molecule has 1 rings (SSSR count). The Balaban J connectivity index is 2.39. The van der Waals surface area contributed by atoms with Gasteiger partial charge in [0.1, 0.15) is 11.6 Å². The number of rotatable bonds is 7. The first-order valence-electron chi connectivity index (χ1n) is 5.56. The molecule has 1 nitrogen and oxygen atoms in total. The van der Waals surface area contributed by atoms with Crippen LogP contribution in [0, 0.1) is 11.6 Å². The van der Waals surface area contributed by atoms with Crippen LogP contribution in [0.15, 0.2) is 16.6 Å². The highest BCUT2D eigenvalue weighted by molar-refractivity contribution is 14.1. The predicted octanol–water partition coefficient (Wildman–Crippen LogP) is 4.42. The number of alkyl halides is 1. The Morgan fingerprint density at radius 1 is 1.18 bits per heavy atom. The zero-order chi connectivity index (χ0) is 12.7. The molecule has 0 amide bonds. The minimum Gasteiger partial charge on any atom is -0.312 e. The maximum atomic E-state index is 13.6. The molecular formula is C12H15BrF2IN.